The second-order valence-corrected chi connectivity index (χ2v) is 5.91. The predicted octanol–water partition coefficient (Wildman–Crippen LogP) is 3.09. The summed E-state index contributed by atoms with van der Waals surface area (Å²) in [6.45, 7) is 0. The number of aliphatic carboxylic acids is 1. The van der Waals surface area contributed by atoms with Crippen LogP contribution in [0, 0.1) is 0 Å². The zero-order chi connectivity index (χ0) is 17.4. The maximum absolute atomic E-state index is 12.3. The Bertz CT molecular complexity index is 1140. The molecule has 4 rings (SSSR count). The molecule has 3 aromatic heterocycles. The van der Waals surface area contributed by atoms with Gasteiger partial charge in [0, 0.05) is 46.9 Å². The molecule has 0 aliphatic heterocycles. The molecular formula is C19H15N3O3. The van der Waals surface area contributed by atoms with E-state index < -0.39 is 5.97 Å². The van der Waals surface area contributed by atoms with Gasteiger partial charge in [-0.2, -0.15) is 0 Å². The highest BCUT2D eigenvalue weighted by atomic mass is 16.4. The summed E-state index contributed by atoms with van der Waals surface area (Å²) < 4.78 is 0. The summed E-state index contributed by atoms with van der Waals surface area (Å²) in [4.78, 5) is 33.2. The third-order valence-electron chi connectivity index (χ3n) is 4.33. The van der Waals surface area contributed by atoms with Crippen molar-refractivity contribution in [3.8, 4) is 11.1 Å². The molecule has 0 aliphatic rings. The van der Waals surface area contributed by atoms with Gasteiger partial charge in [0.1, 0.15) is 5.52 Å². The quantitative estimate of drug-likeness (QED) is 0.534. The summed E-state index contributed by atoms with van der Waals surface area (Å²) in [5.41, 5.74) is 3.78. The number of H-pyrrole nitrogens is 2. The van der Waals surface area contributed by atoms with Gasteiger partial charge in [-0.15, -0.1) is 0 Å². The van der Waals surface area contributed by atoms with Gasteiger partial charge in [-0.3, -0.25) is 14.6 Å². The number of aromatic amines is 2. The molecule has 3 heterocycles. The molecule has 0 aliphatic carbocycles. The SMILES string of the molecule is O=C(O)CCc1c[nH]c2c(=O)[nH]c3ccc(-c4cccnc4)cc3c12. The van der Waals surface area contributed by atoms with E-state index >= 15 is 0 Å². The van der Waals surface area contributed by atoms with Crippen molar-refractivity contribution in [1.82, 2.24) is 15.0 Å². The van der Waals surface area contributed by atoms with E-state index in [0.717, 1.165) is 33.0 Å². The number of benzene rings is 1. The molecule has 0 atom stereocenters. The lowest BCUT2D eigenvalue weighted by Crippen LogP contribution is -2.06. The van der Waals surface area contributed by atoms with Crippen molar-refractivity contribution >= 4 is 27.8 Å². The van der Waals surface area contributed by atoms with Gasteiger partial charge >= 0.3 is 5.97 Å². The second-order valence-electron chi connectivity index (χ2n) is 5.91. The first-order chi connectivity index (χ1) is 12.1. The van der Waals surface area contributed by atoms with Crippen molar-refractivity contribution in [2.75, 3.05) is 0 Å². The number of nitrogens with one attached hydrogen (secondary N) is 2. The van der Waals surface area contributed by atoms with Gasteiger partial charge in [-0.25, -0.2) is 0 Å². The van der Waals surface area contributed by atoms with Gasteiger partial charge in [0.15, 0.2) is 0 Å². The highest BCUT2D eigenvalue weighted by Gasteiger charge is 2.13. The van der Waals surface area contributed by atoms with Crippen molar-refractivity contribution in [3.05, 3.63) is 64.8 Å². The standard InChI is InChI=1S/C19H15N3O3/c23-16(24)6-4-13-10-21-18-17(13)14-8-11(12-2-1-7-20-9-12)3-5-15(14)22-19(18)25/h1-3,5,7-10,21H,4,6H2,(H,22,25)(H,23,24). The van der Waals surface area contributed by atoms with Crippen LogP contribution in [0.15, 0.2) is 53.7 Å². The summed E-state index contributed by atoms with van der Waals surface area (Å²) in [5.74, 6) is -0.862. The summed E-state index contributed by atoms with van der Waals surface area (Å²) >= 11 is 0. The Balaban J connectivity index is 1.97. The number of hydrogen-bond acceptors (Lipinski definition) is 3. The third-order valence-corrected chi connectivity index (χ3v) is 4.33. The molecular weight excluding hydrogens is 318 g/mol. The average Bonchev–Trinajstić information content (AvgIpc) is 3.05. The van der Waals surface area contributed by atoms with Crippen molar-refractivity contribution in [2.45, 2.75) is 12.8 Å². The van der Waals surface area contributed by atoms with Gasteiger partial charge in [-0.05, 0) is 35.7 Å². The van der Waals surface area contributed by atoms with Crippen LogP contribution in [0.4, 0.5) is 0 Å². The molecule has 0 fully saturated rings. The Morgan fingerprint density at radius 1 is 1.20 bits per heavy atom. The van der Waals surface area contributed by atoms with Crippen LogP contribution < -0.4 is 5.56 Å². The Labute approximate surface area is 142 Å². The molecule has 6 nitrogen and oxygen atoms in total. The third kappa shape index (κ3) is 2.67. The van der Waals surface area contributed by atoms with Crippen LogP contribution >= 0.6 is 0 Å². The molecule has 0 amide bonds. The number of carbonyl (C=O) groups is 1. The summed E-state index contributed by atoms with van der Waals surface area (Å²) in [7, 11) is 0. The van der Waals surface area contributed by atoms with Crippen molar-refractivity contribution in [2.24, 2.45) is 0 Å². The smallest absolute Gasteiger partial charge is 0.303 e. The maximum Gasteiger partial charge on any atom is 0.303 e. The molecule has 3 N–H and O–H groups in total. The number of rotatable bonds is 4. The highest BCUT2D eigenvalue weighted by Crippen LogP contribution is 2.29. The summed E-state index contributed by atoms with van der Waals surface area (Å²) in [5, 5.41) is 10.6. The molecule has 0 radical (unpaired) electrons. The number of nitrogens with zero attached hydrogens (tertiary/aromatic N) is 1. The monoisotopic (exact) mass is 333 g/mol. The zero-order valence-electron chi connectivity index (χ0n) is 13.2. The average molecular weight is 333 g/mol. The fourth-order valence-corrected chi connectivity index (χ4v) is 3.15. The topological polar surface area (TPSA) is 98.8 Å². The van der Waals surface area contributed by atoms with Crippen molar-refractivity contribution in [3.63, 3.8) is 0 Å². The minimum Gasteiger partial charge on any atom is -0.481 e. The summed E-state index contributed by atoms with van der Waals surface area (Å²) in [6, 6.07) is 9.65. The number of pyridine rings is 2. The van der Waals surface area contributed by atoms with E-state index in [1.165, 1.54) is 0 Å². The fraction of sp³-hybridized carbons (Fsp3) is 0.105. The van der Waals surface area contributed by atoms with Gasteiger partial charge in [0.05, 0.1) is 0 Å². The molecule has 1 aromatic carbocycles. The predicted molar refractivity (Wildman–Crippen MR) is 95.6 cm³/mol. The maximum atomic E-state index is 12.3. The molecule has 124 valence electrons. The van der Waals surface area contributed by atoms with Crippen LogP contribution in [-0.4, -0.2) is 26.0 Å². The van der Waals surface area contributed by atoms with Crippen LogP contribution in [0.3, 0.4) is 0 Å². The number of aryl methyl sites for hydroxylation is 1. The fourth-order valence-electron chi connectivity index (χ4n) is 3.15. The first kappa shape index (κ1) is 15.1. The van der Waals surface area contributed by atoms with Crippen molar-refractivity contribution < 1.29 is 9.90 Å². The zero-order valence-corrected chi connectivity index (χ0v) is 13.2. The van der Waals surface area contributed by atoms with E-state index in [2.05, 4.69) is 15.0 Å². The number of aromatic nitrogens is 3. The van der Waals surface area contributed by atoms with E-state index in [1.807, 2.05) is 30.3 Å². The second kappa shape index (κ2) is 5.90. The molecule has 4 aromatic rings. The molecule has 25 heavy (non-hydrogen) atoms. The highest BCUT2D eigenvalue weighted by molar-refractivity contribution is 6.07. The lowest BCUT2D eigenvalue weighted by atomic mass is 10.0. The van der Waals surface area contributed by atoms with E-state index in [0.29, 0.717) is 11.9 Å². The van der Waals surface area contributed by atoms with Gasteiger partial charge in [0.2, 0.25) is 0 Å². The van der Waals surface area contributed by atoms with Crippen LogP contribution in [-0.2, 0) is 11.2 Å². The minimum absolute atomic E-state index is 0.0174. The van der Waals surface area contributed by atoms with Crippen LogP contribution in [0.25, 0.3) is 32.9 Å². The molecule has 6 heteroatoms. The Kier molecular flexibility index (Phi) is 3.57. The first-order valence-corrected chi connectivity index (χ1v) is 7.91. The van der Waals surface area contributed by atoms with Gasteiger partial charge in [-0.1, -0.05) is 12.1 Å². The number of carboxylic acids is 1. The van der Waals surface area contributed by atoms with Gasteiger partial charge < -0.3 is 15.1 Å². The molecule has 0 saturated carbocycles. The number of carboxylic acid groups (broad SMARTS) is 1. The van der Waals surface area contributed by atoms with E-state index in [-0.39, 0.29) is 12.0 Å². The lowest BCUT2D eigenvalue weighted by molar-refractivity contribution is -0.136. The minimum atomic E-state index is -0.862. The summed E-state index contributed by atoms with van der Waals surface area (Å²) in [6.07, 6.45) is 5.61. The number of fused-ring (bicyclic) bond motifs is 3. The van der Waals surface area contributed by atoms with Crippen LogP contribution in [0.1, 0.15) is 12.0 Å². The van der Waals surface area contributed by atoms with Crippen LogP contribution in [0.2, 0.25) is 0 Å². The Morgan fingerprint density at radius 2 is 2.08 bits per heavy atom. The number of hydrogen-bond donors (Lipinski definition) is 3. The molecule has 0 bridgehead atoms. The normalized spacial score (nSPS) is 11.2. The van der Waals surface area contributed by atoms with E-state index in [4.69, 9.17) is 5.11 Å². The van der Waals surface area contributed by atoms with E-state index in [9.17, 15) is 9.59 Å². The first-order valence-electron chi connectivity index (χ1n) is 7.91. The van der Waals surface area contributed by atoms with E-state index in [1.54, 1.807) is 18.6 Å². The Morgan fingerprint density at radius 3 is 2.84 bits per heavy atom. The molecule has 0 unspecified atom stereocenters. The largest absolute Gasteiger partial charge is 0.481 e. The van der Waals surface area contributed by atoms with Crippen LogP contribution in [0.5, 0.6) is 0 Å². The van der Waals surface area contributed by atoms with Gasteiger partial charge in [0.25, 0.3) is 5.56 Å². The molecule has 0 saturated heterocycles. The van der Waals surface area contributed by atoms with Crippen molar-refractivity contribution in [1.29, 1.82) is 0 Å². The molecule has 0 spiro atoms. The Hall–Kier alpha value is -3.41. The lowest BCUT2D eigenvalue weighted by Gasteiger charge is -2.06.